The summed E-state index contributed by atoms with van der Waals surface area (Å²) in [6, 6.07) is 10.3. The SMILES string of the molecule is c1cnc(-c2nc(CNCc3cccc(Cn4cncn4)c3)cs2)nc1. The van der Waals surface area contributed by atoms with Crippen LogP contribution in [0, 0.1) is 0 Å². The van der Waals surface area contributed by atoms with Gasteiger partial charge in [0.1, 0.15) is 12.7 Å². The second-order valence-electron chi connectivity index (χ2n) is 5.73. The Morgan fingerprint density at radius 1 is 1.04 bits per heavy atom. The maximum Gasteiger partial charge on any atom is 0.188 e. The van der Waals surface area contributed by atoms with Crippen molar-refractivity contribution >= 4 is 11.3 Å². The number of benzene rings is 1. The molecule has 1 N–H and O–H groups in total. The Morgan fingerprint density at radius 2 is 1.92 bits per heavy atom. The van der Waals surface area contributed by atoms with Crippen molar-refractivity contribution in [3.8, 4) is 10.8 Å². The molecule has 0 aliphatic rings. The predicted octanol–water partition coefficient (Wildman–Crippen LogP) is 2.53. The summed E-state index contributed by atoms with van der Waals surface area (Å²) in [5, 5.41) is 10.5. The van der Waals surface area contributed by atoms with Crippen LogP contribution in [0.15, 0.2) is 60.8 Å². The van der Waals surface area contributed by atoms with E-state index in [1.807, 2.05) is 10.1 Å². The van der Waals surface area contributed by atoms with Crippen molar-refractivity contribution < 1.29 is 0 Å². The summed E-state index contributed by atoms with van der Waals surface area (Å²) in [5.74, 6) is 0.671. The number of thiazole rings is 1. The van der Waals surface area contributed by atoms with Gasteiger partial charge in [0.05, 0.1) is 12.2 Å². The van der Waals surface area contributed by atoms with E-state index in [0.717, 1.165) is 23.8 Å². The van der Waals surface area contributed by atoms with Crippen LogP contribution in [0.3, 0.4) is 0 Å². The fourth-order valence-electron chi connectivity index (χ4n) is 2.57. The van der Waals surface area contributed by atoms with E-state index in [0.29, 0.717) is 12.4 Å². The summed E-state index contributed by atoms with van der Waals surface area (Å²) in [5.41, 5.74) is 3.42. The van der Waals surface area contributed by atoms with Gasteiger partial charge in [-0.25, -0.2) is 24.6 Å². The highest BCUT2D eigenvalue weighted by Gasteiger charge is 2.06. The van der Waals surface area contributed by atoms with Gasteiger partial charge in [-0.2, -0.15) is 5.10 Å². The van der Waals surface area contributed by atoms with Gasteiger partial charge in [-0.05, 0) is 17.2 Å². The van der Waals surface area contributed by atoms with Crippen LogP contribution in [-0.2, 0) is 19.6 Å². The van der Waals surface area contributed by atoms with Crippen molar-refractivity contribution in [3.05, 3.63) is 77.6 Å². The zero-order valence-corrected chi connectivity index (χ0v) is 14.8. The highest BCUT2D eigenvalue weighted by molar-refractivity contribution is 7.13. The van der Waals surface area contributed by atoms with E-state index >= 15 is 0 Å². The van der Waals surface area contributed by atoms with Crippen LogP contribution in [0.1, 0.15) is 16.8 Å². The van der Waals surface area contributed by atoms with Crippen molar-refractivity contribution in [1.82, 2.24) is 35.0 Å². The normalized spacial score (nSPS) is 10.9. The zero-order chi connectivity index (χ0) is 17.6. The first-order valence-electron chi connectivity index (χ1n) is 8.19. The topological polar surface area (TPSA) is 81.4 Å². The van der Waals surface area contributed by atoms with Gasteiger partial charge < -0.3 is 5.32 Å². The molecule has 0 bridgehead atoms. The lowest BCUT2D eigenvalue weighted by Crippen LogP contribution is -2.13. The Kier molecular flexibility index (Phi) is 5.04. The van der Waals surface area contributed by atoms with E-state index in [1.54, 1.807) is 42.5 Å². The van der Waals surface area contributed by atoms with Crippen molar-refractivity contribution in [2.24, 2.45) is 0 Å². The molecule has 1 aromatic carbocycles. The quantitative estimate of drug-likeness (QED) is 0.543. The van der Waals surface area contributed by atoms with Crippen molar-refractivity contribution in [2.75, 3.05) is 0 Å². The van der Waals surface area contributed by atoms with Crippen LogP contribution in [0.25, 0.3) is 10.8 Å². The maximum atomic E-state index is 4.59. The predicted molar refractivity (Wildman–Crippen MR) is 99.2 cm³/mol. The summed E-state index contributed by atoms with van der Waals surface area (Å²) < 4.78 is 1.81. The van der Waals surface area contributed by atoms with E-state index in [9.17, 15) is 0 Å². The molecule has 0 amide bonds. The number of aromatic nitrogens is 6. The monoisotopic (exact) mass is 363 g/mol. The highest BCUT2D eigenvalue weighted by Crippen LogP contribution is 2.19. The summed E-state index contributed by atoms with van der Waals surface area (Å²) in [6.45, 7) is 2.21. The highest BCUT2D eigenvalue weighted by atomic mass is 32.1. The molecule has 4 aromatic rings. The minimum Gasteiger partial charge on any atom is -0.307 e. The van der Waals surface area contributed by atoms with Gasteiger partial charge in [0.25, 0.3) is 0 Å². The summed E-state index contributed by atoms with van der Waals surface area (Å²) >= 11 is 1.56. The smallest absolute Gasteiger partial charge is 0.188 e. The average Bonchev–Trinajstić information content (AvgIpc) is 3.35. The summed E-state index contributed by atoms with van der Waals surface area (Å²) in [7, 11) is 0. The Balaban J connectivity index is 1.33. The fourth-order valence-corrected chi connectivity index (χ4v) is 3.34. The molecule has 7 nitrogen and oxygen atoms in total. The largest absolute Gasteiger partial charge is 0.307 e. The Bertz CT molecular complexity index is 951. The molecule has 0 saturated heterocycles. The molecule has 0 atom stereocenters. The van der Waals surface area contributed by atoms with E-state index in [-0.39, 0.29) is 0 Å². The van der Waals surface area contributed by atoms with Crippen LogP contribution in [0.2, 0.25) is 0 Å². The van der Waals surface area contributed by atoms with Crippen molar-refractivity contribution in [1.29, 1.82) is 0 Å². The van der Waals surface area contributed by atoms with E-state index < -0.39 is 0 Å². The first-order chi connectivity index (χ1) is 12.9. The van der Waals surface area contributed by atoms with Crippen LogP contribution in [-0.4, -0.2) is 29.7 Å². The van der Waals surface area contributed by atoms with Crippen molar-refractivity contribution in [3.63, 3.8) is 0 Å². The number of hydrogen-bond donors (Lipinski definition) is 1. The van der Waals surface area contributed by atoms with Gasteiger partial charge in [0, 0.05) is 30.9 Å². The lowest BCUT2D eigenvalue weighted by molar-refractivity contribution is 0.671. The Hall–Kier alpha value is -2.97. The van der Waals surface area contributed by atoms with E-state index in [4.69, 9.17) is 0 Å². The minimum atomic E-state index is 0.671. The Labute approximate surface area is 154 Å². The average molecular weight is 363 g/mol. The number of hydrogen-bond acceptors (Lipinski definition) is 7. The van der Waals surface area contributed by atoms with Gasteiger partial charge in [0.2, 0.25) is 0 Å². The molecular formula is C18H17N7S. The number of nitrogens with zero attached hydrogens (tertiary/aromatic N) is 6. The number of rotatable bonds is 7. The van der Waals surface area contributed by atoms with Gasteiger partial charge in [-0.1, -0.05) is 24.3 Å². The van der Waals surface area contributed by atoms with Gasteiger partial charge >= 0.3 is 0 Å². The molecule has 3 heterocycles. The first-order valence-corrected chi connectivity index (χ1v) is 9.07. The fraction of sp³-hybridized carbons (Fsp3) is 0.167. The molecule has 0 radical (unpaired) electrons. The standard InChI is InChI=1S/C18H17N7S/c1-3-14(7-15(4-1)10-25-13-20-12-23-25)8-19-9-16-11-26-18(24-16)17-21-5-2-6-22-17/h1-7,11-13,19H,8-10H2. The minimum absolute atomic E-state index is 0.671. The molecule has 3 aromatic heterocycles. The lowest BCUT2D eigenvalue weighted by Gasteiger charge is -2.06. The third kappa shape index (κ3) is 4.16. The summed E-state index contributed by atoms with van der Waals surface area (Å²) in [4.78, 5) is 17.0. The van der Waals surface area contributed by atoms with Crippen LogP contribution in [0.5, 0.6) is 0 Å². The molecule has 26 heavy (non-hydrogen) atoms. The first kappa shape index (κ1) is 16.5. The molecule has 0 saturated carbocycles. The molecule has 0 aliphatic heterocycles. The van der Waals surface area contributed by atoms with E-state index in [1.165, 1.54) is 11.1 Å². The molecule has 4 rings (SSSR count). The molecular weight excluding hydrogens is 346 g/mol. The Morgan fingerprint density at radius 3 is 2.77 bits per heavy atom. The molecule has 0 spiro atoms. The van der Waals surface area contributed by atoms with E-state index in [2.05, 4.69) is 54.6 Å². The molecule has 0 fully saturated rings. The third-order valence-electron chi connectivity index (χ3n) is 3.75. The molecule has 8 heteroatoms. The summed E-state index contributed by atoms with van der Waals surface area (Å²) in [6.07, 6.45) is 6.73. The van der Waals surface area contributed by atoms with Gasteiger partial charge in [0.15, 0.2) is 10.8 Å². The second kappa shape index (κ2) is 7.94. The maximum absolute atomic E-state index is 4.59. The van der Waals surface area contributed by atoms with Crippen molar-refractivity contribution in [2.45, 2.75) is 19.6 Å². The van der Waals surface area contributed by atoms with Gasteiger partial charge in [-0.3, -0.25) is 0 Å². The molecule has 130 valence electrons. The van der Waals surface area contributed by atoms with Crippen LogP contribution in [0.4, 0.5) is 0 Å². The van der Waals surface area contributed by atoms with Gasteiger partial charge in [-0.15, -0.1) is 11.3 Å². The van der Waals surface area contributed by atoms with Crippen LogP contribution < -0.4 is 5.32 Å². The zero-order valence-electron chi connectivity index (χ0n) is 14.0. The van der Waals surface area contributed by atoms with Crippen LogP contribution >= 0.6 is 11.3 Å². The second-order valence-corrected chi connectivity index (χ2v) is 6.59. The lowest BCUT2D eigenvalue weighted by atomic mass is 10.1. The third-order valence-corrected chi connectivity index (χ3v) is 4.63. The molecule has 0 unspecified atom stereocenters. The molecule has 0 aliphatic carbocycles. The number of nitrogens with one attached hydrogen (secondary N) is 1.